The maximum Gasteiger partial charge on any atom is 0.252 e. The van der Waals surface area contributed by atoms with Crippen LogP contribution in [0.4, 0.5) is 51.2 Å². The number of aryl methyl sites for hydroxylation is 1. The van der Waals surface area contributed by atoms with Crippen molar-refractivity contribution < 1.29 is 13.9 Å². The fourth-order valence-electron chi connectivity index (χ4n) is 14.2. The zero-order chi connectivity index (χ0) is 58.0. The molecule has 0 radical (unpaired) electrons. The third-order valence-electron chi connectivity index (χ3n) is 18.3. The largest absolute Gasteiger partial charge is 0.489 e. The highest BCUT2D eigenvalue weighted by Crippen LogP contribution is 2.55. The van der Waals surface area contributed by atoms with Crippen LogP contribution >= 0.6 is 0 Å². The topological polar surface area (TPSA) is 41.3 Å². The van der Waals surface area contributed by atoms with Crippen LogP contribution in [0.5, 0.6) is 11.5 Å². The SMILES string of the molecule is Cc1cc2c3c(c1)N(c1ccc(C(C)(C)C)cc1-c1ccccc1)c1c(ccc4c1OCCCO4)B3c1ccc(N(c3ccccc3)c3ccccc3)cc1N2c1cc(-c2ccc3c(c2)C(C)(C)c2ccccc2-3)cc(-c2cc3ccccc3o2)c1. The zero-order valence-corrected chi connectivity index (χ0v) is 49.4. The van der Waals surface area contributed by atoms with E-state index in [0.717, 1.165) is 125 Å². The molecule has 0 saturated heterocycles. The Morgan fingerprint density at radius 1 is 0.477 bits per heavy atom. The highest BCUT2D eigenvalue weighted by Gasteiger charge is 2.46. The van der Waals surface area contributed by atoms with E-state index in [9.17, 15) is 0 Å². The van der Waals surface area contributed by atoms with Gasteiger partial charge in [0.25, 0.3) is 6.71 Å². The predicted octanol–water partition coefficient (Wildman–Crippen LogP) is 19.1. The lowest BCUT2D eigenvalue weighted by molar-refractivity contribution is 0.297. The van der Waals surface area contributed by atoms with Crippen LogP contribution in [0.25, 0.3) is 55.7 Å². The van der Waals surface area contributed by atoms with E-state index in [2.05, 4.69) is 299 Å². The minimum atomic E-state index is -0.209. The molecule has 416 valence electrons. The van der Waals surface area contributed by atoms with Crippen molar-refractivity contribution in [3.8, 4) is 56.2 Å². The van der Waals surface area contributed by atoms with Gasteiger partial charge < -0.3 is 28.6 Å². The summed E-state index contributed by atoms with van der Waals surface area (Å²) >= 11 is 0. The number of hydrogen-bond acceptors (Lipinski definition) is 6. The molecule has 0 bridgehead atoms. The summed E-state index contributed by atoms with van der Waals surface area (Å²) in [5.41, 5.74) is 26.9. The van der Waals surface area contributed by atoms with Crippen LogP contribution in [0.15, 0.2) is 247 Å². The zero-order valence-electron chi connectivity index (χ0n) is 49.4. The van der Waals surface area contributed by atoms with Crippen molar-refractivity contribution in [2.75, 3.05) is 27.9 Å². The van der Waals surface area contributed by atoms with E-state index in [0.29, 0.717) is 13.2 Å². The average Bonchev–Trinajstić information content (AvgIpc) is 0.861. The lowest BCUT2D eigenvalue weighted by atomic mass is 9.33. The average molecular weight is 1110 g/mol. The molecule has 0 saturated carbocycles. The first-order valence-corrected chi connectivity index (χ1v) is 30.2. The van der Waals surface area contributed by atoms with Crippen LogP contribution in [0.3, 0.4) is 0 Å². The van der Waals surface area contributed by atoms with Gasteiger partial charge in [-0.05, 0) is 182 Å². The third kappa shape index (κ3) is 8.30. The van der Waals surface area contributed by atoms with Gasteiger partial charge in [0.2, 0.25) is 0 Å². The van der Waals surface area contributed by atoms with Gasteiger partial charge >= 0.3 is 0 Å². The molecule has 3 aliphatic heterocycles. The molecular weight excluding hydrogens is 1050 g/mol. The Hall–Kier alpha value is -9.98. The first-order chi connectivity index (χ1) is 41.9. The predicted molar refractivity (Wildman–Crippen MR) is 358 cm³/mol. The van der Waals surface area contributed by atoms with E-state index in [4.69, 9.17) is 13.9 Å². The third-order valence-corrected chi connectivity index (χ3v) is 18.3. The Kier molecular flexibility index (Phi) is 11.9. The summed E-state index contributed by atoms with van der Waals surface area (Å²) in [7, 11) is 0. The van der Waals surface area contributed by atoms with Crippen LogP contribution in [-0.2, 0) is 10.8 Å². The molecule has 0 unspecified atom stereocenters. The highest BCUT2D eigenvalue weighted by molar-refractivity contribution is 7.00. The molecule has 4 aliphatic rings. The normalized spacial score (nSPS) is 14.2. The fraction of sp³-hybridized carbons (Fsp3) is 0.139. The molecule has 1 aliphatic carbocycles. The van der Waals surface area contributed by atoms with E-state index in [1.165, 1.54) is 38.7 Å². The monoisotopic (exact) mass is 1110 g/mol. The maximum atomic E-state index is 7.03. The Labute approximate surface area is 504 Å². The van der Waals surface area contributed by atoms with Crippen LogP contribution in [0, 0.1) is 6.92 Å². The van der Waals surface area contributed by atoms with E-state index >= 15 is 0 Å². The molecule has 7 heteroatoms. The van der Waals surface area contributed by atoms with Gasteiger partial charge in [-0.15, -0.1) is 0 Å². The first-order valence-electron chi connectivity index (χ1n) is 30.2. The standard InChI is InChI=1S/C79H64BN3O3/c1-50-41-70-75-71(42-50)83(68-37-32-56(78(2,3)4)48-63(68)51-21-10-7-11-22-51)76-67(36-38-73-77(76)85-40-20-39-84-73)80(75)66-35-33-59(81(57-24-12-8-13-25-57)58-26-14-9-15-27-58)49-69(66)82(70)60-44-54(43-55(45-60)74-47-53-23-16-19-30-72(53)86-74)52-31-34-62-61-28-17-18-29-64(61)79(5,6)65(62)46-52/h7-19,21-38,41-49H,20,39-40H2,1-6H3. The summed E-state index contributed by atoms with van der Waals surface area (Å²) in [5, 5.41) is 1.06. The number of benzene rings is 11. The quantitative estimate of drug-likeness (QED) is 0.141. The fourth-order valence-corrected chi connectivity index (χ4v) is 14.2. The molecule has 6 nitrogen and oxygen atoms in total. The van der Waals surface area contributed by atoms with E-state index in [1.54, 1.807) is 0 Å². The van der Waals surface area contributed by atoms with Gasteiger partial charge in [0.05, 0.1) is 24.6 Å². The lowest BCUT2D eigenvalue weighted by Crippen LogP contribution is -2.61. The summed E-state index contributed by atoms with van der Waals surface area (Å²) in [5.74, 6) is 2.35. The van der Waals surface area contributed by atoms with E-state index < -0.39 is 0 Å². The van der Waals surface area contributed by atoms with Crippen molar-refractivity contribution in [3.05, 3.63) is 265 Å². The van der Waals surface area contributed by atoms with Crippen LogP contribution in [0.2, 0.25) is 0 Å². The minimum Gasteiger partial charge on any atom is -0.489 e. The number of ether oxygens (including phenoxy) is 2. The summed E-state index contributed by atoms with van der Waals surface area (Å²) in [4.78, 5) is 7.46. The van der Waals surface area contributed by atoms with Gasteiger partial charge in [0.1, 0.15) is 11.3 Å². The number of rotatable bonds is 8. The summed E-state index contributed by atoms with van der Waals surface area (Å²) in [6, 6.07) is 89.6. The molecule has 11 aromatic carbocycles. The summed E-state index contributed by atoms with van der Waals surface area (Å²) < 4.78 is 20.6. The molecular formula is C79H64BN3O3. The molecule has 1 aromatic heterocycles. The molecule has 0 atom stereocenters. The second-order valence-corrected chi connectivity index (χ2v) is 25.1. The molecule has 86 heavy (non-hydrogen) atoms. The molecule has 4 heterocycles. The second kappa shape index (κ2) is 19.8. The van der Waals surface area contributed by atoms with Crippen LogP contribution in [-0.4, -0.2) is 19.9 Å². The van der Waals surface area contributed by atoms with Crippen molar-refractivity contribution in [3.63, 3.8) is 0 Å². The number of furan rings is 1. The highest BCUT2D eigenvalue weighted by atomic mass is 16.5. The van der Waals surface area contributed by atoms with Gasteiger partial charge in [0.15, 0.2) is 11.5 Å². The summed E-state index contributed by atoms with van der Waals surface area (Å²) in [6.45, 7) is 14.8. The van der Waals surface area contributed by atoms with Gasteiger partial charge in [-0.2, -0.15) is 0 Å². The van der Waals surface area contributed by atoms with Crippen molar-refractivity contribution in [1.29, 1.82) is 0 Å². The number of para-hydroxylation sites is 3. The second-order valence-electron chi connectivity index (χ2n) is 25.1. The van der Waals surface area contributed by atoms with E-state index in [1.807, 2.05) is 0 Å². The van der Waals surface area contributed by atoms with Crippen LogP contribution < -0.4 is 40.6 Å². The van der Waals surface area contributed by atoms with E-state index in [-0.39, 0.29) is 17.5 Å². The molecule has 0 spiro atoms. The molecule has 0 amide bonds. The van der Waals surface area contributed by atoms with Gasteiger partial charge in [-0.1, -0.05) is 174 Å². The molecule has 16 rings (SSSR count). The Balaban J connectivity index is 1.00. The summed E-state index contributed by atoms with van der Waals surface area (Å²) in [6.07, 6.45) is 0.786. The molecule has 0 N–H and O–H groups in total. The molecule has 0 fully saturated rings. The molecule has 12 aromatic rings. The number of nitrogens with zero attached hydrogens (tertiary/aromatic N) is 3. The minimum absolute atomic E-state index is 0.0973. The first kappa shape index (κ1) is 51.6. The Bertz CT molecular complexity index is 4600. The van der Waals surface area contributed by atoms with Gasteiger partial charge in [-0.25, -0.2) is 0 Å². The van der Waals surface area contributed by atoms with Crippen molar-refractivity contribution in [2.24, 2.45) is 0 Å². The maximum absolute atomic E-state index is 7.03. The van der Waals surface area contributed by atoms with Crippen molar-refractivity contribution >= 4 is 85.3 Å². The van der Waals surface area contributed by atoms with Gasteiger partial charge in [-0.3, -0.25) is 0 Å². The van der Waals surface area contributed by atoms with Crippen molar-refractivity contribution in [1.82, 2.24) is 0 Å². The lowest BCUT2D eigenvalue weighted by Gasteiger charge is -2.45. The van der Waals surface area contributed by atoms with Crippen molar-refractivity contribution in [2.45, 2.75) is 58.8 Å². The Morgan fingerprint density at radius 3 is 1.92 bits per heavy atom. The Morgan fingerprint density at radius 2 is 1.15 bits per heavy atom. The number of hydrogen-bond donors (Lipinski definition) is 0. The number of fused-ring (bicyclic) bond motifs is 10. The van der Waals surface area contributed by atoms with Crippen LogP contribution in [0.1, 0.15) is 63.3 Å². The smallest absolute Gasteiger partial charge is 0.252 e. The van der Waals surface area contributed by atoms with Gasteiger partial charge in [0, 0.05) is 68.2 Å². The number of anilines is 9.